The van der Waals surface area contributed by atoms with Crippen LogP contribution in [0.2, 0.25) is 0 Å². The molecule has 0 spiro atoms. The quantitative estimate of drug-likeness (QED) is 0.267. The van der Waals surface area contributed by atoms with Crippen molar-refractivity contribution in [2.75, 3.05) is 32.8 Å². The molecule has 1 atom stereocenters. The van der Waals surface area contributed by atoms with Crippen molar-refractivity contribution >= 4 is 35.8 Å². The van der Waals surface area contributed by atoms with Crippen molar-refractivity contribution in [3.63, 3.8) is 0 Å². The number of nitrogens with zero attached hydrogens (tertiary/aromatic N) is 2. The Labute approximate surface area is 188 Å². The van der Waals surface area contributed by atoms with E-state index in [2.05, 4.69) is 24.5 Å². The van der Waals surface area contributed by atoms with Crippen LogP contribution in [0.15, 0.2) is 4.99 Å². The lowest BCUT2D eigenvalue weighted by Gasteiger charge is -2.35. The van der Waals surface area contributed by atoms with E-state index >= 15 is 0 Å². The molecule has 0 bridgehead atoms. The van der Waals surface area contributed by atoms with Gasteiger partial charge in [0.2, 0.25) is 5.91 Å². The monoisotopic (exact) mass is 508 g/mol. The van der Waals surface area contributed by atoms with E-state index in [0.29, 0.717) is 19.0 Å². The number of carbonyl (C=O) groups excluding carboxylic acids is 1. The number of carbonyl (C=O) groups is 1. The van der Waals surface area contributed by atoms with E-state index in [0.717, 1.165) is 57.7 Å². The number of aliphatic hydroxyl groups excluding tert-OH is 1. The molecule has 0 radical (unpaired) electrons. The zero-order chi connectivity index (χ0) is 19.5. The fourth-order valence-electron chi connectivity index (χ4n) is 4.51. The number of hydrogen-bond donors (Lipinski definition) is 3. The van der Waals surface area contributed by atoms with Crippen LogP contribution >= 0.6 is 24.0 Å². The van der Waals surface area contributed by atoms with E-state index in [4.69, 9.17) is 4.99 Å². The Hall–Kier alpha value is -0.570. The Bertz CT molecular complexity index is 476. The molecule has 0 aromatic rings. The Morgan fingerprint density at radius 2 is 1.93 bits per heavy atom. The van der Waals surface area contributed by atoms with Gasteiger partial charge in [-0.15, -0.1) is 24.0 Å². The van der Waals surface area contributed by atoms with Gasteiger partial charge in [0.05, 0.1) is 0 Å². The van der Waals surface area contributed by atoms with Gasteiger partial charge in [0.1, 0.15) is 0 Å². The molecule has 7 heteroatoms. The van der Waals surface area contributed by atoms with Crippen molar-refractivity contribution < 1.29 is 9.90 Å². The first kappa shape index (κ1) is 25.5. The largest absolute Gasteiger partial charge is 0.396 e. The summed E-state index contributed by atoms with van der Waals surface area (Å²) in [5.41, 5.74) is 0.147. The predicted molar refractivity (Wildman–Crippen MR) is 126 cm³/mol. The Morgan fingerprint density at radius 1 is 1.18 bits per heavy atom. The molecule has 1 unspecified atom stereocenters. The van der Waals surface area contributed by atoms with E-state index in [-0.39, 0.29) is 41.9 Å². The highest BCUT2D eigenvalue weighted by atomic mass is 127. The molecule has 1 aliphatic carbocycles. The maximum Gasteiger partial charge on any atom is 0.224 e. The second kappa shape index (κ2) is 13.6. The van der Waals surface area contributed by atoms with Gasteiger partial charge >= 0.3 is 0 Å². The summed E-state index contributed by atoms with van der Waals surface area (Å²) < 4.78 is 0. The van der Waals surface area contributed by atoms with E-state index in [1.54, 1.807) is 0 Å². The van der Waals surface area contributed by atoms with Crippen LogP contribution in [0.25, 0.3) is 0 Å². The van der Waals surface area contributed by atoms with Gasteiger partial charge in [-0.1, -0.05) is 19.3 Å². The number of piperidine rings is 1. The average Bonchev–Trinajstić information content (AvgIpc) is 2.67. The van der Waals surface area contributed by atoms with Gasteiger partial charge in [-0.05, 0) is 57.8 Å². The maximum absolute atomic E-state index is 12.5. The Kier molecular flexibility index (Phi) is 12.4. The van der Waals surface area contributed by atoms with Crippen LogP contribution in [-0.2, 0) is 4.79 Å². The third-order valence-electron chi connectivity index (χ3n) is 6.23. The van der Waals surface area contributed by atoms with Gasteiger partial charge in [0.15, 0.2) is 5.96 Å². The molecule has 6 nitrogen and oxygen atoms in total. The first-order chi connectivity index (χ1) is 13.1. The smallest absolute Gasteiger partial charge is 0.224 e. The minimum atomic E-state index is 0. The third-order valence-corrected chi connectivity index (χ3v) is 6.23. The number of nitrogens with one attached hydrogen (secondary N) is 2. The number of hydrogen-bond acceptors (Lipinski definition) is 3. The number of halogens is 1. The zero-order valence-electron chi connectivity index (χ0n) is 17.8. The van der Waals surface area contributed by atoms with Crippen LogP contribution in [0.4, 0.5) is 0 Å². The standard InChI is InChI=1S/C21H40N4O2.HI/c1-3-22-20(24-17-21(13-16-26)11-6-4-7-12-21)23-14-10-19(27)25-15-8-5-9-18(25)2;/h18,26H,3-17H2,1-2H3,(H2,22,23,24);1H. The van der Waals surface area contributed by atoms with Crippen LogP contribution in [-0.4, -0.2) is 60.7 Å². The summed E-state index contributed by atoms with van der Waals surface area (Å²) in [6, 6.07) is 0.373. The molecule has 0 aromatic carbocycles. The number of likely N-dealkylation sites (tertiary alicyclic amines) is 1. The second-order valence-electron chi connectivity index (χ2n) is 8.34. The zero-order valence-corrected chi connectivity index (χ0v) is 20.2. The first-order valence-corrected chi connectivity index (χ1v) is 11.0. The summed E-state index contributed by atoms with van der Waals surface area (Å²) in [6.45, 7) is 7.51. The van der Waals surface area contributed by atoms with Crippen molar-refractivity contribution in [1.82, 2.24) is 15.5 Å². The highest BCUT2D eigenvalue weighted by Crippen LogP contribution is 2.39. The molecule has 2 fully saturated rings. The molecular weight excluding hydrogens is 467 g/mol. The summed E-state index contributed by atoms with van der Waals surface area (Å²) in [4.78, 5) is 19.3. The number of amides is 1. The Balaban J connectivity index is 0.00000392. The molecule has 1 amide bonds. The van der Waals surface area contributed by atoms with E-state index in [1.807, 2.05) is 4.90 Å². The van der Waals surface area contributed by atoms with Crippen molar-refractivity contribution in [3.8, 4) is 0 Å². The average molecular weight is 508 g/mol. The minimum absolute atomic E-state index is 0. The number of guanidine groups is 1. The van der Waals surface area contributed by atoms with Crippen LogP contribution in [0, 0.1) is 5.41 Å². The lowest BCUT2D eigenvalue weighted by Crippen LogP contribution is -2.44. The molecule has 2 rings (SSSR count). The predicted octanol–water partition coefficient (Wildman–Crippen LogP) is 3.28. The van der Waals surface area contributed by atoms with Crippen molar-refractivity contribution in [2.45, 2.75) is 84.1 Å². The van der Waals surface area contributed by atoms with E-state index in [1.165, 1.54) is 25.7 Å². The van der Waals surface area contributed by atoms with Crippen LogP contribution in [0.3, 0.4) is 0 Å². The van der Waals surface area contributed by atoms with Gasteiger partial charge < -0.3 is 20.6 Å². The topological polar surface area (TPSA) is 77.0 Å². The van der Waals surface area contributed by atoms with Crippen LogP contribution in [0.1, 0.15) is 78.1 Å². The number of aliphatic imine (C=N–C) groups is 1. The molecule has 28 heavy (non-hydrogen) atoms. The van der Waals surface area contributed by atoms with Gasteiger partial charge in [0, 0.05) is 45.2 Å². The SMILES string of the molecule is CCNC(=NCC1(CCO)CCCCC1)NCCC(=O)N1CCCCC1C.I. The lowest BCUT2D eigenvalue weighted by molar-refractivity contribution is -0.134. The van der Waals surface area contributed by atoms with Crippen molar-refractivity contribution in [2.24, 2.45) is 10.4 Å². The number of aliphatic hydroxyl groups is 1. The summed E-state index contributed by atoms with van der Waals surface area (Å²) in [5.74, 6) is 1.04. The van der Waals surface area contributed by atoms with Gasteiger partial charge in [-0.2, -0.15) is 0 Å². The molecular formula is C21H41IN4O2. The fraction of sp³-hybridized carbons (Fsp3) is 0.905. The summed E-state index contributed by atoms with van der Waals surface area (Å²) >= 11 is 0. The molecule has 1 heterocycles. The molecule has 1 saturated carbocycles. The molecule has 3 N–H and O–H groups in total. The van der Waals surface area contributed by atoms with E-state index < -0.39 is 0 Å². The summed E-state index contributed by atoms with van der Waals surface area (Å²) in [6.07, 6.45) is 10.9. The maximum atomic E-state index is 12.5. The highest BCUT2D eigenvalue weighted by molar-refractivity contribution is 14.0. The lowest BCUT2D eigenvalue weighted by atomic mass is 9.72. The first-order valence-electron chi connectivity index (χ1n) is 11.0. The minimum Gasteiger partial charge on any atom is -0.396 e. The van der Waals surface area contributed by atoms with Crippen LogP contribution < -0.4 is 10.6 Å². The van der Waals surface area contributed by atoms with E-state index in [9.17, 15) is 9.90 Å². The summed E-state index contributed by atoms with van der Waals surface area (Å²) in [5, 5.41) is 16.1. The van der Waals surface area contributed by atoms with Gasteiger partial charge in [-0.25, -0.2) is 0 Å². The van der Waals surface area contributed by atoms with Gasteiger partial charge in [-0.3, -0.25) is 9.79 Å². The van der Waals surface area contributed by atoms with Crippen molar-refractivity contribution in [1.29, 1.82) is 0 Å². The fourth-order valence-corrected chi connectivity index (χ4v) is 4.51. The Morgan fingerprint density at radius 3 is 2.57 bits per heavy atom. The second-order valence-corrected chi connectivity index (χ2v) is 8.34. The van der Waals surface area contributed by atoms with Crippen LogP contribution in [0.5, 0.6) is 0 Å². The normalized spacial score (nSPS) is 22.3. The molecule has 0 aromatic heterocycles. The number of rotatable bonds is 8. The highest BCUT2D eigenvalue weighted by Gasteiger charge is 2.31. The molecule has 1 saturated heterocycles. The van der Waals surface area contributed by atoms with Gasteiger partial charge in [0.25, 0.3) is 0 Å². The summed E-state index contributed by atoms with van der Waals surface area (Å²) in [7, 11) is 0. The van der Waals surface area contributed by atoms with Crippen molar-refractivity contribution in [3.05, 3.63) is 0 Å². The molecule has 2 aliphatic rings. The third kappa shape index (κ3) is 8.05. The molecule has 1 aliphatic heterocycles. The molecule has 164 valence electrons.